The van der Waals surface area contributed by atoms with E-state index in [1.54, 1.807) is 6.07 Å². The number of anilines is 1. The van der Waals surface area contributed by atoms with Crippen LogP contribution in [0.25, 0.3) is 0 Å². The van der Waals surface area contributed by atoms with E-state index in [1.807, 2.05) is 31.2 Å². The molecule has 128 valence electrons. The molecule has 2 N–H and O–H groups in total. The summed E-state index contributed by atoms with van der Waals surface area (Å²) in [5.74, 6) is 0.178. The summed E-state index contributed by atoms with van der Waals surface area (Å²) in [5, 5.41) is 7.01. The molecule has 0 saturated heterocycles. The molecule has 5 heteroatoms. The molecule has 2 aromatic carbocycles. The van der Waals surface area contributed by atoms with Gasteiger partial charge in [0.25, 0.3) is 0 Å². The molecule has 1 atom stereocenters. The van der Waals surface area contributed by atoms with Crippen LogP contribution in [0.5, 0.6) is 0 Å². The molecule has 24 heavy (non-hydrogen) atoms. The van der Waals surface area contributed by atoms with E-state index in [-0.39, 0.29) is 18.5 Å². The average Bonchev–Trinajstić information content (AvgIpc) is 2.56. The lowest BCUT2D eigenvalue weighted by atomic mass is 9.96. The van der Waals surface area contributed by atoms with Gasteiger partial charge in [0.2, 0.25) is 5.91 Å². The van der Waals surface area contributed by atoms with Gasteiger partial charge in [-0.15, -0.1) is 0 Å². The number of hydrogen-bond donors (Lipinski definition) is 2. The first-order valence-corrected chi connectivity index (χ1v) is 8.68. The molecule has 0 saturated carbocycles. The van der Waals surface area contributed by atoms with E-state index in [2.05, 4.69) is 36.6 Å². The van der Waals surface area contributed by atoms with Gasteiger partial charge in [0.15, 0.2) is 0 Å². The molecule has 0 radical (unpaired) electrons. The van der Waals surface area contributed by atoms with E-state index in [9.17, 15) is 4.79 Å². The van der Waals surface area contributed by atoms with Gasteiger partial charge in [0.05, 0.1) is 22.3 Å². The molecule has 0 unspecified atom stereocenters. The minimum Gasteiger partial charge on any atom is -0.322 e. The monoisotopic (exact) mass is 364 g/mol. The Kier molecular flexibility index (Phi) is 6.67. The first-order valence-electron chi connectivity index (χ1n) is 7.93. The second-order valence-electron chi connectivity index (χ2n) is 6.11. The quantitative estimate of drug-likeness (QED) is 0.736. The summed E-state index contributed by atoms with van der Waals surface area (Å²) < 4.78 is 0. The topological polar surface area (TPSA) is 41.1 Å². The Hall–Kier alpha value is -1.55. The Bertz CT molecular complexity index is 702. The second-order valence-corrected chi connectivity index (χ2v) is 6.90. The largest absolute Gasteiger partial charge is 0.322 e. The third kappa shape index (κ3) is 4.73. The number of benzene rings is 2. The molecule has 0 aromatic heterocycles. The summed E-state index contributed by atoms with van der Waals surface area (Å²) in [4.78, 5) is 12.3. The van der Waals surface area contributed by atoms with Crippen LogP contribution in [-0.4, -0.2) is 12.5 Å². The molecular weight excluding hydrogens is 343 g/mol. The Morgan fingerprint density at radius 2 is 1.75 bits per heavy atom. The van der Waals surface area contributed by atoms with Crippen LogP contribution >= 0.6 is 23.2 Å². The van der Waals surface area contributed by atoms with Gasteiger partial charge in [0, 0.05) is 6.04 Å². The third-order valence-electron chi connectivity index (χ3n) is 3.86. The van der Waals surface area contributed by atoms with Gasteiger partial charge in [-0.25, -0.2) is 0 Å². The lowest BCUT2D eigenvalue weighted by Crippen LogP contribution is -2.33. The van der Waals surface area contributed by atoms with Crippen molar-refractivity contribution < 1.29 is 4.79 Å². The zero-order chi connectivity index (χ0) is 17.7. The number of hydrogen-bond acceptors (Lipinski definition) is 2. The summed E-state index contributed by atoms with van der Waals surface area (Å²) in [6, 6.07) is 13.7. The van der Waals surface area contributed by atoms with Gasteiger partial charge >= 0.3 is 0 Å². The van der Waals surface area contributed by atoms with E-state index in [0.29, 0.717) is 21.7 Å². The molecule has 0 aliphatic heterocycles. The third-order valence-corrected chi connectivity index (χ3v) is 4.66. The minimum absolute atomic E-state index is 0.0976. The van der Waals surface area contributed by atoms with Crippen molar-refractivity contribution in [2.45, 2.75) is 26.8 Å². The molecule has 3 nitrogen and oxygen atoms in total. The Labute approximate surface area is 153 Å². The standard InChI is InChI=1S/C19H22Cl2N2O/c1-12(2)18(14-7-5-4-6-8-14)22-11-16(24)23-19-15(20)10-9-13(3)17(19)21/h4-10,12,18,22H,11H2,1-3H3,(H,23,24)/t18-/m0/s1. The highest BCUT2D eigenvalue weighted by atomic mass is 35.5. The molecule has 1 amide bonds. The van der Waals surface area contributed by atoms with Crippen LogP contribution in [0.3, 0.4) is 0 Å². The fourth-order valence-electron chi connectivity index (χ4n) is 2.56. The molecule has 2 aromatic rings. The lowest BCUT2D eigenvalue weighted by molar-refractivity contribution is -0.115. The maximum absolute atomic E-state index is 12.3. The van der Waals surface area contributed by atoms with Crippen molar-refractivity contribution in [3.05, 3.63) is 63.6 Å². The summed E-state index contributed by atoms with van der Waals surface area (Å²) >= 11 is 12.4. The molecule has 2 rings (SSSR count). The predicted octanol–water partition coefficient (Wildman–Crippen LogP) is 5.23. The van der Waals surface area contributed by atoms with Crippen LogP contribution in [0, 0.1) is 12.8 Å². The smallest absolute Gasteiger partial charge is 0.238 e. The van der Waals surface area contributed by atoms with E-state index in [0.717, 1.165) is 11.1 Å². The van der Waals surface area contributed by atoms with E-state index in [4.69, 9.17) is 23.2 Å². The van der Waals surface area contributed by atoms with Crippen LogP contribution in [-0.2, 0) is 4.79 Å². The second kappa shape index (κ2) is 8.52. The highest BCUT2D eigenvalue weighted by molar-refractivity contribution is 6.40. The average molecular weight is 365 g/mol. The Morgan fingerprint density at radius 3 is 2.38 bits per heavy atom. The van der Waals surface area contributed by atoms with Crippen LogP contribution in [0.4, 0.5) is 5.69 Å². The number of rotatable bonds is 6. The zero-order valence-electron chi connectivity index (χ0n) is 14.1. The van der Waals surface area contributed by atoms with Crippen molar-refractivity contribution >= 4 is 34.8 Å². The van der Waals surface area contributed by atoms with Gasteiger partial charge in [0.1, 0.15) is 0 Å². The number of amides is 1. The van der Waals surface area contributed by atoms with Crippen LogP contribution in [0.15, 0.2) is 42.5 Å². The van der Waals surface area contributed by atoms with E-state index in [1.165, 1.54) is 0 Å². The maximum atomic E-state index is 12.3. The first-order chi connectivity index (χ1) is 11.4. The van der Waals surface area contributed by atoms with Crippen molar-refractivity contribution in [2.75, 3.05) is 11.9 Å². The normalized spacial score (nSPS) is 12.2. The summed E-state index contributed by atoms with van der Waals surface area (Å²) in [7, 11) is 0. The number of nitrogens with one attached hydrogen (secondary N) is 2. The molecule has 0 aliphatic rings. The molecule has 0 spiro atoms. The van der Waals surface area contributed by atoms with Crippen LogP contribution in [0.1, 0.15) is 31.0 Å². The Morgan fingerprint density at radius 1 is 1.08 bits per heavy atom. The van der Waals surface area contributed by atoms with Crippen molar-refractivity contribution in [2.24, 2.45) is 5.92 Å². The summed E-state index contributed by atoms with van der Waals surface area (Å²) in [6.07, 6.45) is 0. The van der Waals surface area contributed by atoms with Gasteiger partial charge in [-0.2, -0.15) is 0 Å². The highest BCUT2D eigenvalue weighted by Gasteiger charge is 2.17. The lowest BCUT2D eigenvalue weighted by Gasteiger charge is -2.23. The SMILES string of the molecule is Cc1ccc(Cl)c(NC(=O)CN[C@H](c2ccccc2)C(C)C)c1Cl. The number of halogens is 2. The molecule has 0 bridgehead atoms. The van der Waals surface area contributed by atoms with Gasteiger partial charge in [-0.3, -0.25) is 4.79 Å². The summed E-state index contributed by atoms with van der Waals surface area (Å²) in [5.41, 5.74) is 2.49. The zero-order valence-corrected chi connectivity index (χ0v) is 15.6. The van der Waals surface area contributed by atoms with Gasteiger partial charge in [-0.1, -0.05) is 73.4 Å². The predicted molar refractivity (Wildman–Crippen MR) is 102 cm³/mol. The summed E-state index contributed by atoms with van der Waals surface area (Å²) in [6.45, 7) is 6.29. The van der Waals surface area contributed by atoms with Crippen molar-refractivity contribution in [1.29, 1.82) is 0 Å². The number of carbonyl (C=O) groups excluding carboxylic acids is 1. The van der Waals surface area contributed by atoms with Crippen LogP contribution in [0.2, 0.25) is 10.0 Å². The molecule has 0 aliphatic carbocycles. The fourth-order valence-corrected chi connectivity index (χ4v) is 3.02. The number of aryl methyl sites for hydroxylation is 1. The first kappa shape index (κ1) is 18.8. The van der Waals surface area contributed by atoms with Gasteiger partial charge < -0.3 is 10.6 Å². The minimum atomic E-state index is -0.175. The number of carbonyl (C=O) groups is 1. The van der Waals surface area contributed by atoms with Crippen molar-refractivity contribution in [3.8, 4) is 0 Å². The van der Waals surface area contributed by atoms with Crippen LogP contribution < -0.4 is 10.6 Å². The van der Waals surface area contributed by atoms with Crippen molar-refractivity contribution in [3.63, 3.8) is 0 Å². The maximum Gasteiger partial charge on any atom is 0.238 e. The highest BCUT2D eigenvalue weighted by Crippen LogP contribution is 2.32. The van der Waals surface area contributed by atoms with E-state index >= 15 is 0 Å². The van der Waals surface area contributed by atoms with E-state index < -0.39 is 0 Å². The van der Waals surface area contributed by atoms with Crippen molar-refractivity contribution in [1.82, 2.24) is 5.32 Å². The molecule has 0 fully saturated rings. The Balaban J connectivity index is 2.04. The molecule has 0 heterocycles. The fraction of sp³-hybridized carbons (Fsp3) is 0.316. The van der Waals surface area contributed by atoms with Gasteiger partial charge in [-0.05, 0) is 30.0 Å². The molecular formula is C19H22Cl2N2O.